The number of hydrogen-bond acceptors (Lipinski definition) is 2. The highest BCUT2D eigenvalue weighted by molar-refractivity contribution is 14.1. The molecule has 0 spiro atoms. The first-order valence-corrected chi connectivity index (χ1v) is 8.11. The van der Waals surface area contributed by atoms with Crippen molar-refractivity contribution in [2.75, 3.05) is 7.05 Å². The molecule has 1 N–H and O–H groups in total. The lowest BCUT2D eigenvalue weighted by Crippen LogP contribution is -2.18. The van der Waals surface area contributed by atoms with Gasteiger partial charge in [0.1, 0.15) is 0 Å². The fourth-order valence-corrected chi connectivity index (χ4v) is 3.44. The third-order valence-corrected chi connectivity index (χ3v) is 5.55. The lowest BCUT2D eigenvalue weighted by atomic mass is 10.0. The standard InChI is InChI=1S/C13H12Cl2INS/c1-17-12(7-9-3-5-13(15)18-9)8-2-4-11(16)10(14)6-8/h2-6,12,17H,7H2,1H3. The normalized spacial score (nSPS) is 12.7. The highest BCUT2D eigenvalue weighted by Crippen LogP contribution is 2.28. The van der Waals surface area contributed by atoms with Crippen molar-refractivity contribution in [1.29, 1.82) is 0 Å². The quantitative estimate of drug-likeness (QED) is 0.685. The molecular formula is C13H12Cl2INS. The third-order valence-electron chi connectivity index (χ3n) is 2.73. The van der Waals surface area contributed by atoms with Gasteiger partial charge in [-0.3, -0.25) is 0 Å². The molecule has 1 unspecified atom stereocenters. The van der Waals surface area contributed by atoms with Gasteiger partial charge in [-0.1, -0.05) is 29.3 Å². The molecule has 18 heavy (non-hydrogen) atoms. The lowest BCUT2D eigenvalue weighted by molar-refractivity contribution is 0.596. The van der Waals surface area contributed by atoms with Crippen LogP contribution in [0.25, 0.3) is 0 Å². The summed E-state index contributed by atoms with van der Waals surface area (Å²) in [5, 5.41) is 4.13. The maximum Gasteiger partial charge on any atom is 0.0931 e. The number of hydrogen-bond donors (Lipinski definition) is 1. The van der Waals surface area contributed by atoms with E-state index in [-0.39, 0.29) is 6.04 Å². The summed E-state index contributed by atoms with van der Waals surface area (Å²) < 4.78 is 1.91. The van der Waals surface area contributed by atoms with E-state index in [4.69, 9.17) is 23.2 Å². The first-order valence-electron chi connectivity index (χ1n) is 5.46. The Hall–Kier alpha value is 0.190. The molecule has 1 atom stereocenters. The minimum atomic E-state index is 0.259. The summed E-state index contributed by atoms with van der Waals surface area (Å²) in [6, 6.07) is 10.5. The monoisotopic (exact) mass is 411 g/mol. The Labute approximate surface area is 135 Å². The van der Waals surface area contributed by atoms with Crippen molar-refractivity contribution < 1.29 is 0 Å². The Morgan fingerprint density at radius 1 is 1.28 bits per heavy atom. The van der Waals surface area contributed by atoms with E-state index in [2.05, 4.69) is 40.0 Å². The van der Waals surface area contributed by atoms with E-state index in [0.717, 1.165) is 19.3 Å². The second-order valence-corrected chi connectivity index (χ2v) is 7.29. The van der Waals surface area contributed by atoms with Crippen LogP contribution in [0, 0.1) is 3.57 Å². The molecule has 0 radical (unpaired) electrons. The van der Waals surface area contributed by atoms with Gasteiger partial charge in [0.15, 0.2) is 0 Å². The number of nitrogens with one attached hydrogen (secondary N) is 1. The van der Waals surface area contributed by atoms with E-state index in [1.807, 2.05) is 25.2 Å². The molecule has 0 aliphatic carbocycles. The summed E-state index contributed by atoms with van der Waals surface area (Å²) in [7, 11) is 1.96. The van der Waals surface area contributed by atoms with Crippen LogP contribution in [0.15, 0.2) is 30.3 Å². The Kier molecular flexibility index (Phi) is 5.33. The predicted molar refractivity (Wildman–Crippen MR) is 89.0 cm³/mol. The SMILES string of the molecule is CNC(Cc1ccc(Cl)s1)c1ccc(I)c(Cl)c1. The molecule has 0 fully saturated rings. The van der Waals surface area contributed by atoms with Gasteiger partial charge < -0.3 is 5.32 Å². The molecule has 96 valence electrons. The van der Waals surface area contributed by atoms with E-state index in [0.29, 0.717) is 0 Å². The highest BCUT2D eigenvalue weighted by Gasteiger charge is 2.12. The summed E-state index contributed by atoms with van der Waals surface area (Å²) in [5.74, 6) is 0. The molecule has 0 aliphatic rings. The van der Waals surface area contributed by atoms with E-state index in [9.17, 15) is 0 Å². The molecule has 1 aromatic heterocycles. The average Bonchev–Trinajstić information content (AvgIpc) is 2.75. The van der Waals surface area contributed by atoms with Gasteiger partial charge in [0, 0.05) is 20.9 Å². The van der Waals surface area contributed by atoms with Crippen LogP contribution in [-0.2, 0) is 6.42 Å². The van der Waals surface area contributed by atoms with Crippen molar-refractivity contribution in [3.05, 3.63) is 53.7 Å². The minimum absolute atomic E-state index is 0.259. The minimum Gasteiger partial charge on any atom is -0.313 e. The van der Waals surface area contributed by atoms with Crippen LogP contribution in [0.2, 0.25) is 9.36 Å². The summed E-state index contributed by atoms with van der Waals surface area (Å²) in [4.78, 5) is 1.27. The molecule has 0 aliphatic heterocycles. The smallest absolute Gasteiger partial charge is 0.0931 e. The van der Waals surface area contributed by atoms with Gasteiger partial charge in [-0.25, -0.2) is 0 Å². The number of halogens is 3. The van der Waals surface area contributed by atoms with Crippen LogP contribution < -0.4 is 5.32 Å². The van der Waals surface area contributed by atoms with Gasteiger partial charge >= 0.3 is 0 Å². The van der Waals surface area contributed by atoms with Crippen molar-refractivity contribution in [3.8, 4) is 0 Å². The Balaban J connectivity index is 2.19. The Bertz CT molecular complexity index is 542. The molecule has 0 amide bonds. The molecule has 1 nitrogen and oxygen atoms in total. The largest absolute Gasteiger partial charge is 0.313 e. The van der Waals surface area contributed by atoms with E-state index in [1.165, 1.54) is 10.4 Å². The molecular weight excluding hydrogens is 400 g/mol. The summed E-state index contributed by atoms with van der Waals surface area (Å²) in [6.45, 7) is 0. The molecule has 0 saturated heterocycles. The van der Waals surface area contributed by atoms with E-state index < -0.39 is 0 Å². The number of likely N-dealkylation sites (N-methyl/N-ethyl adjacent to an activating group) is 1. The number of rotatable bonds is 4. The summed E-state index contributed by atoms with van der Waals surface area (Å²) in [5.41, 5.74) is 1.20. The van der Waals surface area contributed by atoms with Gasteiger partial charge in [-0.05, 0) is 59.5 Å². The van der Waals surface area contributed by atoms with Gasteiger partial charge in [0.05, 0.1) is 9.36 Å². The zero-order valence-corrected chi connectivity index (χ0v) is 14.2. The third kappa shape index (κ3) is 3.61. The molecule has 0 bridgehead atoms. The second kappa shape index (κ2) is 6.57. The number of benzene rings is 1. The zero-order valence-electron chi connectivity index (χ0n) is 9.71. The second-order valence-electron chi connectivity index (χ2n) is 3.92. The van der Waals surface area contributed by atoms with Crippen LogP contribution in [-0.4, -0.2) is 7.05 Å². The summed E-state index contributed by atoms with van der Waals surface area (Å²) in [6.07, 6.45) is 0.921. The Morgan fingerprint density at radius 3 is 2.61 bits per heavy atom. The molecule has 5 heteroatoms. The van der Waals surface area contributed by atoms with Crippen LogP contribution in [0.1, 0.15) is 16.5 Å². The van der Waals surface area contributed by atoms with Crippen LogP contribution in [0.4, 0.5) is 0 Å². The Morgan fingerprint density at radius 2 is 2.06 bits per heavy atom. The van der Waals surface area contributed by atoms with Crippen molar-refractivity contribution in [3.63, 3.8) is 0 Å². The van der Waals surface area contributed by atoms with E-state index in [1.54, 1.807) is 11.3 Å². The van der Waals surface area contributed by atoms with Gasteiger partial charge in [-0.2, -0.15) is 0 Å². The fourth-order valence-electron chi connectivity index (χ4n) is 1.78. The molecule has 1 heterocycles. The highest BCUT2D eigenvalue weighted by atomic mass is 127. The van der Waals surface area contributed by atoms with E-state index >= 15 is 0 Å². The predicted octanol–water partition coefficient (Wildman–Crippen LogP) is 5.16. The van der Waals surface area contributed by atoms with Gasteiger partial charge in [0.25, 0.3) is 0 Å². The van der Waals surface area contributed by atoms with Gasteiger partial charge in [0.2, 0.25) is 0 Å². The van der Waals surface area contributed by atoms with Crippen LogP contribution in [0.3, 0.4) is 0 Å². The molecule has 1 aromatic carbocycles. The topological polar surface area (TPSA) is 12.0 Å². The van der Waals surface area contributed by atoms with Gasteiger partial charge in [-0.15, -0.1) is 11.3 Å². The lowest BCUT2D eigenvalue weighted by Gasteiger charge is -2.16. The first kappa shape index (κ1) is 14.6. The van der Waals surface area contributed by atoms with Crippen molar-refractivity contribution >= 4 is 57.1 Å². The van der Waals surface area contributed by atoms with Crippen molar-refractivity contribution in [2.45, 2.75) is 12.5 Å². The average molecular weight is 412 g/mol. The maximum absolute atomic E-state index is 6.17. The van der Waals surface area contributed by atoms with Crippen molar-refractivity contribution in [1.82, 2.24) is 5.32 Å². The molecule has 0 saturated carbocycles. The van der Waals surface area contributed by atoms with Crippen LogP contribution >= 0.6 is 57.1 Å². The zero-order chi connectivity index (χ0) is 13.1. The summed E-state index contributed by atoms with van der Waals surface area (Å²) >= 11 is 16.0. The first-order chi connectivity index (χ1) is 8.60. The number of thiophene rings is 1. The molecule has 2 rings (SSSR count). The van der Waals surface area contributed by atoms with Crippen molar-refractivity contribution in [2.24, 2.45) is 0 Å². The van der Waals surface area contributed by atoms with Crippen LogP contribution in [0.5, 0.6) is 0 Å². The fraction of sp³-hybridized carbons (Fsp3) is 0.231. The molecule has 2 aromatic rings. The maximum atomic E-state index is 6.17.